The zero-order chi connectivity index (χ0) is 18.3. The molecule has 3 heterocycles. The summed E-state index contributed by atoms with van der Waals surface area (Å²) >= 11 is 12.1. The zero-order valence-electron chi connectivity index (χ0n) is 14.7. The van der Waals surface area contributed by atoms with E-state index in [-0.39, 0.29) is 18.3 Å². The molecule has 0 bridgehead atoms. The summed E-state index contributed by atoms with van der Waals surface area (Å²) in [6.45, 7) is 1.63. The predicted molar refractivity (Wildman–Crippen MR) is 113 cm³/mol. The molecule has 1 fully saturated rings. The van der Waals surface area contributed by atoms with Gasteiger partial charge in [-0.05, 0) is 37.1 Å². The van der Waals surface area contributed by atoms with Crippen molar-refractivity contribution in [2.75, 3.05) is 18.4 Å². The monoisotopic (exact) mass is 424 g/mol. The highest BCUT2D eigenvalue weighted by atomic mass is 35.5. The minimum atomic E-state index is 0. The van der Waals surface area contributed by atoms with Crippen LogP contribution in [-0.2, 0) is 7.05 Å². The van der Waals surface area contributed by atoms with E-state index in [9.17, 15) is 4.79 Å². The standard InChI is InChI=1S/C19H18Cl2N4O.ClH/c1-24-9-6-13-17(24)14(19(26)25-7-2-3-8-25)11-22-18(13)23-12-4-5-15(20)16(21)10-12;/h4-6,9-11H,2-3,7-8H2,1H3,(H,22,23);1H. The van der Waals surface area contributed by atoms with Gasteiger partial charge in [-0.2, -0.15) is 0 Å². The lowest BCUT2D eigenvalue weighted by molar-refractivity contribution is 0.0794. The highest BCUT2D eigenvalue weighted by Gasteiger charge is 2.23. The van der Waals surface area contributed by atoms with E-state index in [1.54, 1.807) is 18.3 Å². The summed E-state index contributed by atoms with van der Waals surface area (Å²) in [6, 6.07) is 7.29. The lowest BCUT2D eigenvalue weighted by Gasteiger charge is -2.17. The molecule has 0 unspecified atom stereocenters. The molecule has 1 saturated heterocycles. The molecule has 5 nitrogen and oxygen atoms in total. The van der Waals surface area contributed by atoms with Crippen molar-refractivity contribution in [3.8, 4) is 0 Å². The third-order valence-corrected chi connectivity index (χ3v) is 5.45. The Bertz CT molecular complexity index is 996. The highest BCUT2D eigenvalue weighted by Crippen LogP contribution is 2.31. The first-order chi connectivity index (χ1) is 12.5. The quantitative estimate of drug-likeness (QED) is 0.621. The summed E-state index contributed by atoms with van der Waals surface area (Å²) in [5.41, 5.74) is 2.30. The number of hydrogen-bond donors (Lipinski definition) is 1. The molecule has 4 rings (SSSR count). The van der Waals surface area contributed by atoms with Crippen LogP contribution in [0.2, 0.25) is 10.0 Å². The van der Waals surface area contributed by atoms with Gasteiger partial charge in [0, 0.05) is 43.6 Å². The summed E-state index contributed by atoms with van der Waals surface area (Å²) in [5.74, 6) is 0.722. The number of hydrogen-bond acceptors (Lipinski definition) is 3. The third kappa shape index (κ3) is 3.72. The lowest BCUT2D eigenvalue weighted by Crippen LogP contribution is -2.28. The molecule has 1 aliphatic heterocycles. The van der Waals surface area contributed by atoms with Crippen molar-refractivity contribution in [3.63, 3.8) is 0 Å². The SMILES string of the molecule is Cl.Cn1ccc2c(Nc3ccc(Cl)c(Cl)c3)ncc(C(=O)N3CCCC3)c21. The molecule has 1 N–H and O–H groups in total. The fraction of sp³-hybridized carbons (Fsp3) is 0.263. The van der Waals surface area contributed by atoms with E-state index in [1.165, 1.54) is 0 Å². The average molecular weight is 426 g/mol. The van der Waals surface area contributed by atoms with Crippen molar-refractivity contribution in [1.82, 2.24) is 14.5 Å². The fourth-order valence-electron chi connectivity index (χ4n) is 3.37. The number of halogens is 3. The number of anilines is 2. The Morgan fingerprint density at radius 3 is 2.59 bits per heavy atom. The van der Waals surface area contributed by atoms with Gasteiger partial charge in [0.15, 0.2) is 0 Å². The normalized spacial score (nSPS) is 13.7. The van der Waals surface area contributed by atoms with Gasteiger partial charge in [-0.25, -0.2) is 4.98 Å². The van der Waals surface area contributed by atoms with Gasteiger partial charge in [-0.15, -0.1) is 12.4 Å². The maximum absolute atomic E-state index is 12.9. The largest absolute Gasteiger partial charge is 0.350 e. The Labute approximate surface area is 173 Å². The summed E-state index contributed by atoms with van der Waals surface area (Å²) < 4.78 is 1.96. The van der Waals surface area contributed by atoms with Crippen molar-refractivity contribution in [2.24, 2.45) is 7.05 Å². The summed E-state index contributed by atoms with van der Waals surface area (Å²) in [5, 5.41) is 5.14. The maximum atomic E-state index is 12.9. The minimum absolute atomic E-state index is 0. The van der Waals surface area contributed by atoms with Gasteiger partial charge in [0.05, 0.1) is 21.1 Å². The second kappa shape index (κ2) is 7.97. The molecular weight excluding hydrogens is 407 g/mol. The number of aromatic nitrogens is 2. The van der Waals surface area contributed by atoms with E-state index in [4.69, 9.17) is 23.2 Å². The van der Waals surface area contributed by atoms with E-state index in [2.05, 4.69) is 10.3 Å². The number of aryl methyl sites for hydroxylation is 1. The number of carbonyl (C=O) groups excluding carboxylic acids is 1. The number of carbonyl (C=O) groups is 1. The number of benzene rings is 1. The van der Waals surface area contributed by atoms with E-state index < -0.39 is 0 Å². The number of rotatable bonds is 3. The Balaban J connectivity index is 0.00000210. The van der Waals surface area contributed by atoms with Crippen LogP contribution in [0.3, 0.4) is 0 Å². The van der Waals surface area contributed by atoms with Gasteiger partial charge in [-0.3, -0.25) is 4.79 Å². The number of nitrogens with one attached hydrogen (secondary N) is 1. The molecule has 0 saturated carbocycles. The summed E-state index contributed by atoms with van der Waals surface area (Å²) in [7, 11) is 1.94. The van der Waals surface area contributed by atoms with Crippen molar-refractivity contribution in [2.45, 2.75) is 12.8 Å². The summed E-state index contributed by atoms with van der Waals surface area (Å²) in [4.78, 5) is 19.3. The van der Waals surface area contributed by atoms with Crippen LogP contribution >= 0.6 is 35.6 Å². The van der Waals surface area contributed by atoms with Crippen molar-refractivity contribution >= 4 is 63.9 Å². The Morgan fingerprint density at radius 2 is 1.89 bits per heavy atom. The van der Waals surface area contributed by atoms with Gasteiger partial charge < -0.3 is 14.8 Å². The molecule has 0 radical (unpaired) electrons. The van der Waals surface area contributed by atoms with E-state index in [0.29, 0.717) is 21.4 Å². The van der Waals surface area contributed by atoms with Gasteiger partial charge in [-0.1, -0.05) is 23.2 Å². The molecule has 2 aromatic heterocycles. The number of amides is 1. The molecule has 1 aliphatic rings. The second-order valence-corrected chi connectivity index (χ2v) is 7.28. The van der Waals surface area contributed by atoms with Crippen LogP contribution in [0.15, 0.2) is 36.7 Å². The minimum Gasteiger partial charge on any atom is -0.350 e. The van der Waals surface area contributed by atoms with Crippen LogP contribution in [0, 0.1) is 0 Å². The average Bonchev–Trinajstić information content (AvgIpc) is 3.29. The molecule has 142 valence electrons. The molecular formula is C19H19Cl3N4O. The molecule has 0 atom stereocenters. The first kappa shape index (κ1) is 19.8. The van der Waals surface area contributed by atoms with Crippen molar-refractivity contribution in [3.05, 3.63) is 52.3 Å². The van der Waals surface area contributed by atoms with Crippen LogP contribution < -0.4 is 5.32 Å². The molecule has 3 aromatic rings. The smallest absolute Gasteiger partial charge is 0.257 e. The number of pyridine rings is 1. The Hall–Kier alpha value is -1.95. The van der Waals surface area contributed by atoms with E-state index in [1.807, 2.05) is 34.8 Å². The van der Waals surface area contributed by atoms with E-state index in [0.717, 1.165) is 42.5 Å². The highest BCUT2D eigenvalue weighted by molar-refractivity contribution is 6.42. The van der Waals surface area contributed by atoms with Gasteiger partial charge >= 0.3 is 0 Å². The maximum Gasteiger partial charge on any atom is 0.257 e. The number of fused-ring (bicyclic) bond motifs is 1. The fourth-order valence-corrected chi connectivity index (χ4v) is 3.67. The molecule has 1 amide bonds. The van der Waals surface area contributed by atoms with Crippen LogP contribution in [0.1, 0.15) is 23.2 Å². The van der Waals surface area contributed by atoms with Crippen LogP contribution in [0.25, 0.3) is 10.9 Å². The van der Waals surface area contributed by atoms with Crippen molar-refractivity contribution < 1.29 is 4.79 Å². The zero-order valence-corrected chi connectivity index (χ0v) is 17.0. The molecule has 0 spiro atoms. The lowest BCUT2D eigenvalue weighted by atomic mass is 10.1. The molecule has 1 aromatic carbocycles. The van der Waals surface area contributed by atoms with Gasteiger partial charge in [0.2, 0.25) is 0 Å². The predicted octanol–water partition coefficient (Wildman–Crippen LogP) is 5.28. The Morgan fingerprint density at radius 1 is 1.15 bits per heavy atom. The second-order valence-electron chi connectivity index (χ2n) is 6.46. The van der Waals surface area contributed by atoms with Gasteiger partial charge in [0.25, 0.3) is 5.91 Å². The van der Waals surface area contributed by atoms with Crippen LogP contribution in [-0.4, -0.2) is 33.4 Å². The molecule has 0 aliphatic carbocycles. The van der Waals surface area contributed by atoms with Crippen molar-refractivity contribution in [1.29, 1.82) is 0 Å². The van der Waals surface area contributed by atoms with Crippen LogP contribution in [0.4, 0.5) is 11.5 Å². The number of nitrogens with zero attached hydrogens (tertiary/aromatic N) is 3. The van der Waals surface area contributed by atoms with Gasteiger partial charge in [0.1, 0.15) is 5.82 Å². The topological polar surface area (TPSA) is 50.2 Å². The molecule has 8 heteroatoms. The molecule has 27 heavy (non-hydrogen) atoms. The third-order valence-electron chi connectivity index (χ3n) is 4.71. The first-order valence-electron chi connectivity index (χ1n) is 8.50. The van der Waals surface area contributed by atoms with E-state index >= 15 is 0 Å². The van der Waals surface area contributed by atoms with Crippen LogP contribution in [0.5, 0.6) is 0 Å². The Kier molecular flexibility index (Phi) is 5.84. The number of likely N-dealkylation sites (tertiary alicyclic amines) is 1. The first-order valence-corrected chi connectivity index (χ1v) is 9.25. The summed E-state index contributed by atoms with van der Waals surface area (Å²) in [6.07, 6.45) is 5.72.